The molecule has 1 atom stereocenters. The second-order valence-corrected chi connectivity index (χ2v) is 8.02. The summed E-state index contributed by atoms with van der Waals surface area (Å²) in [5, 5.41) is 0.717. The summed E-state index contributed by atoms with van der Waals surface area (Å²) in [4.78, 5) is 19.8. The van der Waals surface area contributed by atoms with Crippen molar-refractivity contribution < 1.29 is 4.74 Å². The molecule has 0 aliphatic carbocycles. The number of anilines is 1. The van der Waals surface area contributed by atoms with Gasteiger partial charge in [0.15, 0.2) is 0 Å². The maximum absolute atomic E-state index is 13.3. The monoisotopic (exact) mass is 370 g/mol. The van der Waals surface area contributed by atoms with Crippen LogP contribution in [-0.2, 0) is 24.3 Å². The Kier molecular flexibility index (Phi) is 4.52. The van der Waals surface area contributed by atoms with Crippen molar-refractivity contribution in [3.05, 3.63) is 56.7 Å². The lowest BCUT2D eigenvalue weighted by molar-refractivity contribution is 0.00200. The number of ether oxygens (including phenoxy) is 1. The van der Waals surface area contributed by atoms with Gasteiger partial charge in [-0.1, -0.05) is 44.2 Å². The molecule has 136 valence electrons. The number of nitrogen functional groups attached to an aromatic ring is 1. The molecule has 0 radical (unpaired) electrons. The zero-order valence-corrected chi connectivity index (χ0v) is 15.7. The second-order valence-electron chi connectivity index (χ2n) is 6.94. The maximum Gasteiger partial charge on any atom is 0.264 e. The number of hydrazine groups is 1. The van der Waals surface area contributed by atoms with Gasteiger partial charge in [-0.3, -0.25) is 14.8 Å². The molecule has 6 nitrogen and oxygen atoms in total. The highest BCUT2D eigenvalue weighted by Gasteiger charge is 2.28. The van der Waals surface area contributed by atoms with E-state index >= 15 is 0 Å². The first-order valence-electron chi connectivity index (χ1n) is 8.75. The highest BCUT2D eigenvalue weighted by Crippen LogP contribution is 2.35. The van der Waals surface area contributed by atoms with Crippen LogP contribution in [0.5, 0.6) is 0 Å². The van der Waals surface area contributed by atoms with Crippen LogP contribution >= 0.6 is 11.3 Å². The molecule has 3 aromatic rings. The lowest BCUT2D eigenvalue weighted by atomic mass is 9.96. The summed E-state index contributed by atoms with van der Waals surface area (Å²) in [6, 6.07) is 9.85. The summed E-state index contributed by atoms with van der Waals surface area (Å²) in [5.41, 5.74) is 4.66. The van der Waals surface area contributed by atoms with Crippen LogP contribution in [-0.4, -0.2) is 15.7 Å². The van der Waals surface area contributed by atoms with Gasteiger partial charge in [0.25, 0.3) is 5.56 Å². The van der Waals surface area contributed by atoms with E-state index in [9.17, 15) is 4.79 Å². The Morgan fingerprint density at radius 2 is 2.15 bits per heavy atom. The van der Waals surface area contributed by atoms with Crippen molar-refractivity contribution in [1.29, 1.82) is 0 Å². The van der Waals surface area contributed by atoms with Crippen molar-refractivity contribution in [2.24, 2.45) is 11.8 Å². The van der Waals surface area contributed by atoms with Gasteiger partial charge in [-0.15, -0.1) is 11.3 Å². The molecule has 0 saturated carbocycles. The van der Waals surface area contributed by atoms with Gasteiger partial charge in [-0.05, 0) is 17.0 Å². The Balaban J connectivity index is 1.86. The SMILES string of the molecule is CC(C)C1Cc2c(sc3nc(NN)n(Cc4ccccc4)c(=O)c23)CO1. The van der Waals surface area contributed by atoms with Gasteiger partial charge in [-0.2, -0.15) is 0 Å². The fourth-order valence-electron chi connectivity index (χ4n) is 3.41. The zero-order valence-electron chi connectivity index (χ0n) is 14.9. The number of hydrogen-bond donors (Lipinski definition) is 2. The first-order chi connectivity index (χ1) is 12.6. The summed E-state index contributed by atoms with van der Waals surface area (Å²) >= 11 is 1.53. The molecule has 0 fully saturated rings. The Labute approximate surface area is 155 Å². The summed E-state index contributed by atoms with van der Waals surface area (Å²) in [6.45, 7) is 5.26. The fraction of sp³-hybridized carbons (Fsp3) is 0.368. The maximum atomic E-state index is 13.3. The molecule has 0 saturated heterocycles. The number of rotatable bonds is 4. The number of nitrogens with zero attached hydrogens (tertiary/aromatic N) is 2. The number of fused-ring (bicyclic) bond motifs is 3. The lowest BCUT2D eigenvalue weighted by Gasteiger charge is -2.26. The Hall–Kier alpha value is -2.22. The lowest BCUT2D eigenvalue weighted by Crippen LogP contribution is -2.30. The molecule has 3 N–H and O–H groups in total. The summed E-state index contributed by atoms with van der Waals surface area (Å²) in [6.07, 6.45) is 0.888. The van der Waals surface area contributed by atoms with Gasteiger partial charge in [0, 0.05) is 11.3 Å². The third-order valence-electron chi connectivity index (χ3n) is 4.88. The standard InChI is InChI=1S/C19H22N4O2S/c1-11(2)14-8-13-15(10-25-14)26-17-16(13)18(24)23(19(21-17)22-20)9-12-6-4-3-5-7-12/h3-7,11,14H,8-10,20H2,1-2H3,(H,21,22). The number of aromatic nitrogens is 2. The molecule has 0 spiro atoms. The van der Waals surface area contributed by atoms with Crippen LogP contribution in [0.15, 0.2) is 35.1 Å². The Morgan fingerprint density at radius 3 is 2.85 bits per heavy atom. The van der Waals surface area contributed by atoms with Crippen LogP contribution in [0.25, 0.3) is 10.2 Å². The minimum Gasteiger partial charge on any atom is -0.372 e. The molecular formula is C19H22N4O2S. The van der Waals surface area contributed by atoms with E-state index in [0.717, 1.165) is 27.3 Å². The molecule has 1 aliphatic heterocycles. The van der Waals surface area contributed by atoms with E-state index in [4.69, 9.17) is 10.6 Å². The van der Waals surface area contributed by atoms with Crippen molar-refractivity contribution in [2.45, 2.75) is 39.5 Å². The van der Waals surface area contributed by atoms with Gasteiger partial charge in [0.05, 0.1) is 24.6 Å². The molecule has 1 aliphatic rings. The molecule has 0 bridgehead atoms. The number of thiophene rings is 1. The predicted molar refractivity (Wildman–Crippen MR) is 104 cm³/mol. The van der Waals surface area contributed by atoms with Gasteiger partial charge in [-0.25, -0.2) is 10.8 Å². The number of hydrogen-bond acceptors (Lipinski definition) is 6. The topological polar surface area (TPSA) is 82.2 Å². The highest BCUT2D eigenvalue weighted by atomic mass is 32.1. The third-order valence-corrected chi connectivity index (χ3v) is 5.98. The largest absolute Gasteiger partial charge is 0.372 e. The van der Waals surface area contributed by atoms with E-state index in [2.05, 4.69) is 24.3 Å². The molecule has 2 aromatic heterocycles. The van der Waals surface area contributed by atoms with Crippen molar-refractivity contribution in [1.82, 2.24) is 9.55 Å². The molecule has 0 amide bonds. The van der Waals surface area contributed by atoms with Gasteiger partial charge in [0.1, 0.15) is 4.83 Å². The van der Waals surface area contributed by atoms with Crippen LogP contribution in [0.3, 0.4) is 0 Å². The first kappa shape index (κ1) is 17.2. The minimum atomic E-state index is -0.0475. The van der Waals surface area contributed by atoms with Crippen molar-refractivity contribution >= 4 is 27.5 Å². The average molecular weight is 370 g/mol. The normalized spacial score (nSPS) is 16.8. The molecule has 1 unspecified atom stereocenters. The van der Waals surface area contributed by atoms with Crippen LogP contribution in [0.4, 0.5) is 5.95 Å². The molecule has 1 aromatic carbocycles. The van der Waals surface area contributed by atoms with Crippen molar-refractivity contribution in [3.8, 4) is 0 Å². The average Bonchev–Trinajstić information content (AvgIpc) is 3.02. The Bertz CT molecular complexity index is 994. The van der Waals surface area contributed by atoms with Gasteiger partial charge < -0.3 is 4.74 Å². The van der Waals surface area contributed by atoms with Crippen molar-refractivity contribution in [2.75, 3.05) is 5.43 Å². The third kappa shape index (κ3) is 2.92. The van der Waals surface area contributed by atoms with Crippen LogP contribution in [0, 0.1) is 5.92 Å². The minimum absolute atomic E-state index is 0.0475. The van der Waals surface area contributed by atoms with E-state index in [0.29, 0.717) is 30.4 Å². The second kappa shape index (κ2) is 6.83. The van der Waals surface area contributed by atoms with E-state index in [1.54, 1.807) is 4.57 Å². The van der Waals surface area contributed by atoms with Crippen LogP contribution < -0.4 is 16.8 Å². The molecule has 4 rings (SSSR count). The van der Waals surface area contributed by atoms with E-state index in [-0.39, 0.29) is 11.7 Å². The number of benzene rings is 1. The van der Waals surface area contributed by atoms with Gasteiger partial charge in [0.2, 0.25) is 5.95 Å². The first-order valence-corrected chi connectivity index (χ1v) is 9.57. The van der Waals surface area contributed by atoms with Crippen LogP contribution in [0.2, 0.25) is 0 Å². The predicted octanol–water partition coefficient (Wildman–Crippen LogP) is 2.89. The summed E-state index contributed by atoms with van der Waals surface area (Å²) in [5.74, 6) is 6.44. The summed E-state index contributed by atoms with van der Waals surface area (Å²) in [7, 11) is 0. The number of nitrogens with two attached hydrogens (primary N) is 1. The summed E-state index contributed by atoms with van der Waals surface area (Å²) < 4.78 is 7.57. The van der Waals surface area contributed by atoms with Gasteiger partial charge >= 0.3 is 0 Å². The smallest absolute Gasteiger partial charge is 0.264 e. The van der Waals surface area contributed by atoms with E-state index in [1.165, 1.54) is 11.3 Å². The van der Waals surface area contributed by atoms with Crippen LogP contribution in [0.1, 0.15) is 29.9 Å². The highest BCUT2D eigenvalue weighted by molar-refractivity contribution is 7.18. The molecular weight excluding hydrogens is 348 g/mol. The zero-order chi connectivity index (χ0) is 18.3. The van der Waals surface area contributed by atoms with Crippen molar-refractivity contribution in [3.63, 3.8) is 0 Å². The molecule has 26 heavy (non-hydrogen) atoms. The fourth-order valence-corrected chi connectivity index (χ4v) is 4.52. The number of nitrogens with one attached hydrogen (secondary N) is 1. The molecule has 7 heteroatoms. The van der Waals surface area contributed by atoms with E-state index in [1.807, 2.05) is 30.3 Å². The van der Waals surface area contributed by atoms with E-state index < -0.39 is 0 Å². The quantitative estimate of drug-likeness (QED) is 0.545. The molecule has 3 heterocycles. The Morgan fingerprint density at radius 1 is 1.38 bits per heavy atom.